The van der Waals surface area contributed by atoms with Gasteiger partial charge in [-0.15, -0.1) is 0 Å². The molecule has 0 saturated carbocycles. The highest BCUT2D eigenvalue weighted by Crippen LogP contribution is 2.33. The normalized spacial score (nSPS) is 13.9. The molecule has 0 radical (unpaired) electrons. The molecule has 0 aromatic heterocycles. The van der Waals surface area contributed by atoms with Crippen molar-refractivity contribution in [1.82, 2.24) is 0 Å². The average Bonchev–Trinajstić information content (AvgIpc) is 2.28. The summed E-state index contributed by atoms with van der Waals surface area (Å²) >= 11 is 0. The van der Waals surface area contributed by atoms with Crippen molar-refractivity contribution in [3.63, 3.8) is 0 Å². The number of alkyl halides is 3. The minimum Gasteiger partial charge on any atom is -0.316 e. The molecule has 0 aliphatic carbocycles. The van der Waals surface area contributed by atoms with E-state index >= 15 is 0 Å². The summed E-state index contributed by atoms with van der Waals surface area (Å²) in [5.74, 6) is -0.909. The third-order valence-corrected chi connectivity index (χ3v) is 2.58. The quantitative estimate of drug-likeness (QED) is 0.761. The minimum absolute atomic E-state index is 0.143. The molecule has 0 heterocycles. The third-order valence-electron chi connectivity index (χ3n) is 2.58. The second-order valence-electron chi connectivity index (χ2n) is 3.71. The average molecular weight is 243 g/mol. The molecule has 0 aliphatic rings. The van der Waals surface area contributed by atoms with Gasteiger partial charge >= 0.3 is 6.18 Å². The molecule has 0 fully saturated rings. The van der Waals surface area contributed by atoms with E-state index in [1.165, 1.54) is 12.1 Å². The Morgan fingerprint density at radius 2 is 1.65 bits per heavy atom. The lowest BCUT2D eigenvalue weighted by Gasteiger charge is -2.17. The Kier molecular flexibility index (Phi) is 2.79. The number of hydrogen-bond donors (Lipinski definition) is 1. The summed E-state index contributed by atoms with van der Waals surface area (Å²) in [6.07, 6.45) is -4.65. The summed E-state index contributed by atoms with van der Waals surface area (Å²) in [5.41, 5.74) is 4.47. The van der Waals surface area contributed by atoms with E-state index in [9.17, 15) is 17.6 Å². The first-order chi connectivity index (χ1) is 7.91. The molecule has 5 heteroatoms. The number of benzene rings is 2. The fourth-order valence-electron chi connectivity index (χ4n) is 1.67. The number of fused-ring (bicyclic) bond motifs is 1. The van der Waals surface area contributed by atoms with Crippen LogP contribution in [-0.4, -0.2) is 6.18 Å². The lowest BCUT2D eigenvalue weighted by molar-refractivity contribution is -0.149. The Morgan fingerprint density at radius 3 is 2.29 bits per heavy atom. The van der Waals surface area contributed by atoms with Crippen molar-refractivity contribution < 1.29 is 17.6 Å². The second-order valence-corrected chi connectivity index (χ2v) is 3.71. The molecule has 2 rings (SSSR count). The summed E-state index contributed by atoms with van der Waals surface area (Å²) in [7, 11) is 0. The Hall–Kier alpha value is -1.62. The lowest BCUT2D eigenvalue weighted by atomic mass is 10.0. The van der Waals surface area contributed by atoms with Gasteiger partial charge in [-0.3, -0.25) is 0 Å². The largest absolute Gasteiger partial charge is 0.407 e. The number of nitrogens with two attached hydrogens (primary N) is 1. The Balaban J connectivity index is 2.61. The highest BCUT2D eigenvalue weighted by atomic mass is 19.4. The zero-order valence-electron chi connectivity index (χ0n) is 8.63. The van der Waals surface area contributed by atoms with Crippen molar-refractivity contribution in [3.8, 4) is 0 Å². The van der Waals surface area contributed by atoms with Crippen LogP contribution in [0, 0.1) is 5.82 Å². The van der Waals surface area contributed by atoms with Crippen LogP contribution in [0.5, 0.6) is 0 Å². The summed E-state index contributed by atoms with van der Waals surface area (Å²) in [6.45, 7) is 0. The van der Waals surface area contributed by atoms with Crippen LogP contribution in [0.1, 0.15) is 11.6 Å². The molecule has 17 heavy (non-hydrogen) atoms. The SMILES string of the molecule is N[C@@H](c1ccc2ccccc2c1F)C(F)(F)F. The van der Waals surface area contributed by atoms with Crippen molar-refractivity contribution in [2.24, 2.45) is 5.73 Å². The summed E-state index contributed by atoms with van der Waals surface area (Å²) in [5, 5.41) is 0.688. The van der Waals surface area contributed by atoms with Crippen molar-refractivity contribution in [2.75, 3.05) is 0 Å². The van der Waals surface area contributed by atoms with Gasteiger partial charge in [0.15, 0.2) is 0 Å². The summed E-state index contributed by atoms with van der Waals surface area (Å²) in [4.78, 5) is 0. The first-order valence-electron chi connectivity index (χ1n) is 4.90. The molecule has 2 N–H and O–H groups in total. The smallest absolute Gasteiger partial charge is 0.316 e. The van der Waals surface area contributed by atoms with Crippen LogP contribution in [-0.2, 0) is 0 Å². The van der Waals surface area contributed by atoms with E-state index < -0.39 is 23.6 Å². The van der Waals surface area contributed by atoms with Gasteiger partial charge < -0.3 is 5.73 Å². The minimum atomic E-state index is -4.65. The van der Waals surface area contributed by atoms with Crippen molar-refractivity contribution >= 4 is 10.8 Å². The van der Waals surface area contributed by atoms with E-state index in [4.69, 9.17) is 5.73 Å². The van der Waals surface area contributed by atoms with Gasteiger partial charge in [-0.1, -0.05) is 36.4 Å². The standard InChI is InChI=1S/C12H9F4N/c13-10-8-4-2-1-3-7(8)5-6-9(10)11(17)12(14,15)16/h1-6,11H,17H2/t11-/m0/s1. The molecule has 2 aromatic rings. The van der Waals surface area contributed by atoms with Crippen LogP contribution in [0.15, 0.2) is 36.4 Å². The van der Waals surface area contributed by atoms with Crippen LogP contribution < -0.4 is 5.73 Å². The predicted octanol–water partition coefficient (Wildman–Crippen LogP) is 3.54. The number of halogens is 4. The fourth-order valence-corrected chi connectivity index (χ4v) is 1.67. The van der Waals surface area contributed by atoms with Gasteiger partial charge in [-0.25, -0.2) is 4.39 Å². The maximum absolute atomic E-state index is 13.9. The van der Waals surface area contributed by atoms with Gasteiger partial charge in [0, 0.05) is 10.9 Å². The van der Waals surface area contributed by atoms with Crippen LogP contribution in [0.25, 0.3) is 10.8 Å². The Labute approximate surface area is 94.8 Å². The molecule has 0 amide bonds. The van der Waals surface area contributed by atoms with E-state index in [1.807, 2.05) is 0 Å². The monoisotopic (exact) mass is 243 g/mol. The molecule has 0 unspecified atom stereocenters. The van der Waals surface area contributed by atoms with Crippen molar-refractivity contribution in [3.05, 3.63) is 47.8 Å². The fraction of sp³-hybridized carbons (Fsp3) is 0.167. The summed E-state index contributed by atoms with van der Waals surface area (Å²) < 4.78 is 51.1. The van der Waals surface area contributed by atoms with Gasteiger partial charge in [-0.05, 0) is 5.39 Å². The first kappa shape index (κ1) is 11.9. The van der Waals surface area contributed by atoms with Crippen LogP contribution in [0.3, 0.4) is 0 Å². The van der Waals surface area contributed by atoms with Gasteiger partial charge in [0.1, 0.15) is 11.9 Å². The van der Waals surface area contributed by atoms with E-state index in [0.29, 0.717) is 5.39 Å². The van der Waals surface area contributed by atoms with Gasteiger partial charge in [0.25, 0.3) is 0 Å². The van der Waals surface area contributed by atoms with Gasteiger partial charge in [-0.2, -0.15) is 13.2 Å². The maximum Gasteiger partial charge on any atom is 0.407 e. The second kappa shape index (κ2) is 4.00. The Morgan fingerprint density at radius 1 is 1.00 bits per heavy atom. The van der Waals surface area contributed by atoms with Crippen LogP contribution >= 0.6 is 0 Å². The number of rotatable bonds is 1. The van der Waals surface area contributed by atoms with Gasteiger partial charge in [0.05, 0.1) is 0 Å². The third kappa shape index (κ3) is 2.10. The van der Waals surface area contributed by atoms with Crippen LogP contribution in [0.4, 0.5) is 17.6 Å². The van der Waals surface area contributed by atoms with E-state index in [2.05, 4.69) is 0 Å². The predicted molar refractivity (Wildman–Crippen MR) is 56.9 cm³/mol. The van der Waals surface area contributed by atoms with Crippen molar-refractivity contribution in [2.45, 2.75) is 12.2 Å². The number of hydrogen-bond acceptors (Lipinski definition) is 1. The molecular formula is C12H9F4N. The van der Waals surface area contributed by atoms with E-state index in [1.54, 1.807) is 18.2 Å². The first-order valence-corrected chi connectivity index (χ1v) is 4.90. The van der Waals surface area contributed by atoms with E-state index in [-0.39, 0.29) is 5.39 Å². The molecule has 0 bridgehead atoms. The maximum atomic E-state index is 13.9. The molecule has 0 spiro atoms. The molecule has 1 atom stereocenters. The van der Waals surface area contributed by atoms with E-state index in [0.717, 1.165) is 6.07 Å². The lowest BCUT2D eigenvalue weighted by Crippen LogP contribution is -2.29. The highest BCUT2D eigenvalue weighted by Gasteiger charge is 2.39. The zero-order valence-corrected chi connectivity index (χ0v) is 8.63. The van der Waals surface area contributed by atoms with Crippen molar-refractivity contribution in [1.29, 1.82) is 0 Å². The molecule has 0 saturated heterocycles. The Bertz CT molecular complexity index is 548. The van der Waals surface area contributed by atoms with Gasteiger partial charge in [0.2, 0.25) is 0 Å². The van der Waals surface area contributed by atoms with Crippen LogP contribution in [0.2, 0.25) is 0 Å². The molecule has 2 aromatic carbocycles. The topological polar surface area (TPSA) is 26.0 Å². The summed E-state index contributed by atoms with van der Waals surface area (Å²) in [6, 6.07) is 6.51. The molecule has 1 nitrogen and oxygen atoms in total. The zero-order chi connectivity index (χ0) is 12.6. The highest BCUT2D eigenvalue weighted by molar-refractivity contribution is 5.83. The molecule has 0 aliphatic heterocycles. The molecular weight excluding hydrogens is 234 g/mol. The molecule has 90 valence electrons.